The van der Waals surface area contributed by atoms with Crippen LogP contribution in [0.15, 0.2) is 12.1 Å². The van der Waals surface area contributed by atoms with Crippen LogP contribution < -0.4 is 0 Å². The van der Waals surface area contributed by atoms with Crippen molar-refractivity contribution < 1.29 is 5.11 Å². The summed E-state index contributed by atoms with van der Waals surface area (Å²) in [5.41, 5.74) is 3.96. The Bertz CT molecular complexity index is 704. The molecule has 0 aromatic heterocycles. The van der Waals surface area contributed by atoms with E-state index in [-0.39, 0.29) is 0 Å². The van der Waals surface area contributed by atoms with Gasteiger partial charge >= 0.3 is 0 Å². The van der Waals surface area contributed by atoms with E-state index in [0.717, 1.165) is 0 Å². The Kier molecular flexibility index (Phi) is 25.5. The molecule has 1 aromatic carbocycles. The second kappa shape index (κ2) is 27.3. The van der Waals surface area contributed by atoms with E-state index in [1.54, 1.807) is 0 Å². The van der Waals surface area contributed by atoms with Crippen molar-refractivity contribution in [3.05, 3.63) is 28.8 Å². The van der Waals surface area contributed by atoms with Crippen molar-refractivity contribution in [2.75, 3.05) is 0 Å². The molecule has 3 unspecified atom stereocenters. The highest BCUT2D eigenvalue weighted by molar-refractivity contribution is 5.48. The molecule has 0 bridgehead atoms. The first-order valence-corrected chi connectivity index (χ1v) is 19.8. The van der Waals surface area contributed by atoms with E-state index >= 15 is 0 Å². The maximum atomic E-state index is 11.6. The summed E-state index contributed by atoms with van der Waals surface area (Å²) in [4.78, 5) is 0. The van der Waals surface area contributed by atoms with Crippen LogP contribution in [0.5, 0.6) is 5.75 Å². The van der Waals surface area contributed by atoms with Gasteiger partial charge in [-0.1, -0.05) is 208 Å². The van der Waals surface area contributed by atoms with Crippen molar-refractivity contribution in [1.82, 2.24) is 0 Å². The Morgan fingerprint density at radius 2 is 0.651 bits per heavy atom. The first kappa shape index (κ1) is 40.0. The number of aromatic hydroxyl groups is 1. The minimum atomic E-state index is 0.435. The van der Waals surface area contributed by atoms with Gasteiger partial charge in [0, 0.05) is 0 Å². The fourth-order valence-electron chi connectivity index (χ4n) is 6.97. The zero-order chi connectivity index (χ0) is 31.5. The van der Waals surface area contributed by atoms with Crippen molar-refractivity contribution in [2.45, 2.75) is 233 Å². The molecule has 1 aromatic rings. The molecule has 0 saturated carbocycles. The molecule has 43 heavy (non-hydrogen) atoms. The van der Waals surface area contributed by atoms with Gasteiger partial charge in [-0.15, -0.1) is 0 Å². The molecule has 252 valence electrons. The standard InChI is InChI=1S/C42H78O/c1-7-10-13-16-19-22-25-28-31-36(4)39-34-40(37(5)32-29-26-23-20-17-14-11-8-2)42(43)41(35-39)38(6)33-30-27-24-21-18-15-12-9-3/h34-38,43H,7-33H2,1-6H3. The van der Waals surface area contributed by atoms with Crippen LogP contribution in [0.1, 0.15) is 249 Å². The molecule has 0 amide bonds. The number of phenols is 1. The van der Waals surface area contributed by atoms with Crippen LogP contribution in [0.2, 0.25) is 0 Å². The Morgan fingerprint density at radius 3 is 0.953 bits per heavy atom. The van der Waals surface area contributed by atoms with E-state index in [4.69, 9.17) is 0 Å². The lowest BCUT2D eigenvalue weighted by Crippen LogP contribution is -2.05. The number of hydrogen-bond acceptors (Lipinski definition) is 1. The third-order valence-corrected chi connectivity index (χ3v) is 10.3. The SMILES string of the molecule is CCCCCCCCCCC(C)c1cc(C(C)CCCCCCCCCC)c(O)c(C(C)CCCCCCCCCC)c1. The van der Waals surface area contributed by atoms with Crippen LogP contribution in [0.4, 0.5) is 0 Å². The number of phenolic OH excluding ortho intramolecular Hbond substituents is 1. The highest BCUT2D eigenvalue weighted by Gasteiger charge is 2.21. The molecular formula is C42H78O. The maximum Gasteiger partial charge on any atom is 0.122 e. The summed E-state index contributed by atoms with van der Waals surface area (Å²) in [5.74, 6) is 2.07. The zero-order valence-electron chi connectivity index (χ0n) is 30.4. The lowest BCUT2D eigenvalue weighted by atomic mass is 9.83. The minimum absolute atomic E-state index is 0.435. The Morgan fingerprint density at radius 1 is 0.395 bits per heavy atom. The van der Waals surface area contributed by atoms with E-state index < -0.39 is 0 Å². The predicted molar refractivity (Wildman–Crippen MR) is 195 cm³/mol. The highest BCUT2D eigenvalue weighted by atomic mass is 16.3. The molecule has 0 aliphatic carbocycles. The minimum Gasteiger partial charge on any atom is -0.507 e. The molecule has 1 rings (SSSR count). The first-order valence-electron chi connectivity index (χ1n) is 19.8. The van der Waals surface area contributed by atoms with Crippen LogP contribution in [0, 0.1) is 0 Å². The zero-order valence-corrected chi connectivity index (χ0v) is 30.4. The molecule has 1 heteroatoms. The topological polar surface area (TPSA) is 20.2 Å². The maximum absolute atomic E-state index is 11.6. The Balaban J connectivity index is 2.76. The van der Waals surface area contributed by atoms with Gasteiger partial charge in [-0.2, -0.15) is 0 Å². The molecule has 0 fully saturated rings. The highest BCUT2D eigenvalue weighted by Crippen LogP contribution is 2.40. The van der Waals surface area contributed by atoms with Gasteiger partial charge in [-0.05, 0) is 53.7 Å². The number of hydrogen-bond donors (Lipinski definition) is 1. The second-order valence-corrected chi connectivity index (χ2v) is 14.5. The third kappa shape index (κ3) is 19.2. The molecule has 3 atom stereocenters. The number of benzene rings is 1. The first-order chi connectivity index (χ1) is 21.0. The summed E-state index contributed by atoms with van der Waals surface area (Å²) >= 11 is 0. The van der Waals surface area contributed by atoms with E-state index in [2.05, 4.69) is 53.7 Å². The summed E-state index contributed by atoms with van der Waals surface area (Å²) in [6, 6.07) is 4.82. The van der Waals surface area contributed by atoms with Gasteiger partial charge in [0.1, 0.15) is 5.75 Å². The van der Waals surface area contributed by atoms with E-state index in [1.807, 2.05) is 0 Å². The fraction of sp³-hybridized carbons (Fsp3) is 0.857. The van der Waals surface area contributed by atoms with Gasteiger partial charge in [0.2, 0.25) is 0 Å². The number of rotatable bonds is 30. The molecule has 1 N–H and O–H groups in total. The molecule has 0 saturated heterocycles. The molecular weight excluding hydrogens is 520 g/mol. The predicted octanol–water partition coefficient (Wildman–Crippen LogP) is 15.3. The van der Waals surface area contributed by atoms with Gasteiger partial charge in [-0.3, -0.25) is 0 Å². The van der Waals surface area contributed by atoms with Crippen LogP contribution in [-0.2, 0) is 0 Å². The third-order valence-electron chi connectivity index (χ3n) is 10.3. The summed E-state index contributed by atoms with van der Waals surface area (Å²) < 4.78 is 0. The van der Waals surface area contributed by atoms with Crippen LogP contribution >= 0.6 is 0 Å². The van der Waals surface area contributed by atoms with Crippen molar-refractivity contribution in [3.63, 3.8) is 0 Å². The smallest absolute Gasteiger partial charge is 0.122 e. The largest absolute Gasteiger partial charge is 0.507 e. The molecule has 1 nitrogen and oxygen atoms in total. The van der Waals surface area contributed by atoms with Gasteiger partial charge < -0.3 is 5.11 Å². The molecule has 0 aliphatic heterocycles. The molecule has 0 heterocycles. The van der Waals surface area contributed by atoms with Gasteiger partial charge in [0.15, 0.2) is 0 Å². The summed E-state index contributed by atoms with van der Waals surface area (Å²) in [5, 5.41) is 11.6. The Labute approximate surface area is 271 Å². The lowest BCUT2D eigenvalue weighted by Gasteiger charge is -2.23. The summed E-state index contributed by atoms with van der Waals surface area (Å²) in [6.45, 7) is 14.1. The molecule has 0 spiro atoms. The monoisotopic (exact) mass is 599 g/mol. The van der Waals surface area contributed by atoms with E-state index in [1.165, 1.54) is 190 Å². The van der Waals surface area contributed by atoms with Crippen LogP contribution in [-0.4, -0.2) is 5.11 Å². The Hall–Kier alpha value is -0.980. The van der Waals surface area contributed by atoms with Crippen molar-refractivity contribution >= 4 is 0 Å². The van der Waals surface area contributed by atoms with Crippen molar-refractivity contribution in [1.29, 1.82) is 0 Å². The molecule has 0 aliphatic rings. The van der Waals surface area contributed by atoms with E-state index in [9.17, 15) is 5.11 Å². The fourth-order valence-corrected chi connectivity index (χ4v) is 6.97. The number of unbranched alkanes of at least 4 members (excludes halogenated alkanes) is 21. The van der Waals surface area contributed by atoms with Crippen molar-refractivity contribution in [2.24, 2.45) is 0 Å². The van der Waals surface area contributed by atoms with Gasteiger partial charge in [0.05, 0.1) is 0 Å². The summed E-state index contributed by atoms with van der Waals surface area (Å²) in [6.07, 6.45) is 36.6. The molecule has 0 radical (unpaired) electrons. The van der Waals surface area contributed by atoms with Gasteiger partial charge in [0.25, 0.3) is 0 Å². The summed E-state index contributed by atoms with van der Waals surface area (Å²) in [7, 11) is 0. The van der Waals surface area contributed by atoms with Crippen LogP contribution in [0.25, 0.3) is 0 Å². The average Bonchev–Trinajstić information content (AvgIpc) is 3.00. The average molecular weight is 599 g/mol. The van der Waals surface area contributed by atoms with Gasteiger partial charge in [-0.25, -0.2) is 0 Å². The van der Waals surface area contributed by atoms with Crippen molar-refractivity contribution in [3.8, 4) is 5.75 Å². The normalized spacial score (nSPS) is 13.8. The lowest BCUT2D eigenvalue weighted by molar-refractivity contribution is 0.440. The quantitative estimate of drug-likeness (QED) is 0.0873. The second-order valence-electron chi connectivity index (χ2n) is 14.5. The van der Waals surface area contributed by atoms with E-state index in [0.29, 0.717) is 23.5 Å². The van der Waals surface area contributed by atoms with Crippen LogP contribution in [0.3, 0.4) is 0 Å².